The molecular weight excluding hydrogens is 360 g/mol. The lowest BCUT2D eigenvalue weighted by molar-refractivity contribution is -0.143. The van der Waals surface area contributed by atoms with Crippen LogP contribution in [0.5, 0.6) is 0 Å². The summed E-state index contributed by atoms with van der Waals surface area (Å²) in [5.41, 5.74) is 3.22. The van der Waals surface area contributed by atoms with Crippen molar-refractivity contribution in [1.29, 1.82) is 0 Å². The maximum atomic E-state index is 14.1. The van der Waals surface area contributed by atoms with E-state index in [1.165, 1.54) is 18.2 Å². The number of hydrogen-bond donors (Lipinski definition) is 1. The summed E-state index contributed by atoms with van der Waals surface area (Å²) in [5, 5.41) is 10.4. The molecule has 0 amide bonds. The lowest BCUT2D eigenvalue weighted by atomic mass is 9.91. The van der Waals surface area contributed by atoms with Gasteiger partial charge in [-0.25, -0.2) is 8.78 Å². The SMILES string of the molecule is Cc1cc(-n2c(C(C)C)c(CC3(C(=O)O)CC3)c3cc(F)ccc32)ccc1F. The summed E-state index contributed by atoms with van der Waals surface area (Å²) in [6.45, 7) is 5.80. The Hall–Kier alpha value is -2.69. The largest absolute Gasteiger partial charge is 0.481 e. The van der Waals surface area contributed by atoms with Gasteiger partial charge in [-0.05, 0) is 79.6 Å². The molecule has 1 aliphatic carbocycles. The van der Waals surface area contributed by atoms with E-state index in [9.17, 15) is 18.7 Å². The molecule has 1 saturated carbocycles. The van der Waals surface area contributed by atoms with E-state index in [1.54, 1.807) is 25.1 Å². The third kappa shape index (κ3) is 2.89. The topological polar surface area (TPSA) is 42.2 Å². The molecule has 2 aromatic carbocycles. The summed E-state index contributed by atoms with van der Waals surface area (Å²) in [7, 11) is 0. The highest BCUT2D eigenvalue weighted by Crippen LogP contribution is 2.51. The van der Waals surface area contributed by atoms with Gasteiger partial charge in [-0.3, -0.25) is 4.79 Å². The molecule has 1 fully saturated rings. The molecule has 5 heteroatoms. The molecule has 0 radical (unpaired) electrons. The van der Waals surface area contributed by atoms with Crippen LogP contribution in [0.3, 0.4) is 0 Å². The molecule has 4 rings (SSSR count). The normalized spacial score (nSPS) is 15.4. The van der Waals surface area contributed by atoms with Gasteiger partial charge in [0.1, 0.15) is 11.6 Å². The molecule has 0 saturated heterocycles. The van der Waals surface area contributed by atoms with Crippen molar-refractivity contribution in [1.82, 2.24) is 4.57 Å². The molecule has 0 bridgehead atoms. The van der Waals surface area contributed by atoms with Crippen LogP contribution in [-0.2, 0) is 11.2 Å². The number of aliphatic carboxylic acids is 1. The van der Waals surface area contributed by atoms with Gasteiger partial charge in [0.2, 0.25) is 0 Å². The van der Waals surface area contributed by atoms with Crippen molar-refractivity contribution in [3.8, 4) is 5.69 Å². The van der Waals surface area contributed by atoms with E-state index in [4.69, 9.17) is 0 Å². The van der Waals surface area contributed by atoms with Crippen LogP contribution >= 0.6 is 0 Å². The molecule has 1 aromatic heterocycles. The van der Waals surface area contributed by atoms with Crippen LogP contribution in [0.2, 0.25) is 0 Å². The van der Waals surface area contributed by atoms with Crippen molar-refractivity contribution in [2.75, 3.05) is 0 Å². The molecule has 0 spiro atoms. The van der Waals surface area contributed by atoms with Crippen molar-refractivity contribution < 1.29 is 18.7 Å². The van der Waals surface area contributed by atoms with Gasteiger partial charge in [-0.15, -0.1) is 0 Å². The summed E-state index contributed by atoms with van der Waals surface area (Å²) in [6, 6.07) is 9.54. The Balaban J connectivity index is 2.02. The summed E-state index contributed by atoms with van der Waals surface area (Å²) >= 11 is 0. The van der Waals surface area contributed by atoms with Crippen LogP contribution in [0.15, 0.2) is 36.4 Å². The molecule has 0 unspecified atom stereocenters. The number of carboxylic acid groups (broad SMARTS) is 1. The number of halogens is 2. The molecule has 146 valence electrons. The van der Waals surface area contributed by atoms with E-state index in [0.29, 0.717) is 24.8 Å². The first-order valence-corrected chi connectivity index (χ1v) is 9.56. The zero-order valence-corrected chi connectivity index (χ0v) is 16.2. The average Bonchev–Trinajstić information content (AvgIpc) is 3.35. The van der Waals surface area contributed by atoms with Gasteiger partial charge in [-0.2, -0.15) is 0 Å². The molecular formula is C23H23F2NO2. The van der Waals surface area contributed by atoms with Gasteiger partial charge in [0, 0.05) is 16.8 Å². The lowest BCUT2D eigenvalue weighted by Crippen LogP contribution is -2.18. The predicted octanol–water partition coefficient (Wildman–Crippen LogP) is 5.75. The van der Waals surface area contributed by atoms with Crippen LogP contribution in [0.4, 0.5) is 8.78 Å². The minimum absolute atomic E-state index is 0.0837. The highest BCUT2D eigenvalue weighted by Gasteiger charge is 2.51. The molecule has 1 aliphatic rings. The quantitative estimate of drug-likeness (QED) is 0.610. The molecule has 0 atom stereocenters. The fourth-order valence-electron chi connectivity index (χ4n) is 4.14. The second-order valence-electron chi connectivity index (χ2n) is 8.21. The zero-order valence-electron chi connectivity index (χ0n) is 16.2. The first-order valence-electron chi connectivity index (χ1n) is 9.56. The number of carbonyl (C=O) groups is 1. The highest BCUT2D eigenvalue weighted by atomic mass is 19.1. The molecule has 1 N–H and O–H groups in total. The number of benzene rings is 2. The molecule has 3 nitrogen and oxygen atoms in total. The molecule has 28 heavy (non-hydrogen) atoms. The average molecular weight is 383 g/mol. The Morgan fingerprint density at radius 2 is 1.89 bits per heavy atom. The Labute approximate surface area is 162 Å². The van der Waals surface area contributed by atoms with Gasteiger partial charge in [0.25, 0.3) is 0 Å². The maximum absolute atomic E-state index is 14.1. The van der Waals surface area contributed by atoms with Crippen LogP contribution < -0.4 is 0 Å². The molecule has 1 heterocycles. The van der Waals surface area contributed by atoms with E-state index in [0.717, 1.165) is 27.8 Å². The molecule has 3 aromatic rings. The summed E-state index contributed by atoms with van der Waals surface area (Å²) in [4.78, 5) is 11.8. The van der Waals surface area contributed by atoms with Gasteiger partial charge in [0.15, 0.2) is 0 Å². The van der Waals surface area contributed by atoms with Crippen LogP contribution in [0, 0.1) is 24.0 Å². The predicted molar refractivity (Wildman–Crippen MR) is 105 cm³/mol. The highest BCUT2D eigenvalue weighted by molar-refractivity contribution is 5.89. The van der Waals surface area contributed by atoms with E-state index >= 15 is 0 Å². The number of fused-ring (bicyclic) bond motifs is 1. The smallest absolute Gasteiger partial charge is 0.309 e. The van der Waals surface area contributed by atoms with Crippen molar-refractivity contribution in [3.05, 3.63) is 64.9 Å². The van der Waals surface area contributed by atoms with E-state index in [1.807, 2.05) is 18.4 Å². The van der Waals surface area contributed by atoms with Crippen LogP contribution in [0.25, 0.3) is 16.6 Å². The summed E-state index contributed by atoms with van der Waals surface area (Å²) < 4.78 is 30.0. The van der Waals surface area contributed by atoms with Crippen LogP contribution in [-0.4, -0.2) is 15.6 Å². The number of rotatable bonds is 5. The number of nitrogens with zero attached hydrogens (tertiary/aromatic N) is 1. The summed E-state index contributed by atoms with van der Waals surface area (Å²) in [5.74, 6) is -1.34. The number of carboxylic acids is 1. The summed E-state index contributed by atoms with van der Waals surface area (Å²) in [6.07, 6.45) is 1.65. The lowest BCUT2D eigenvalue weighted by Gasteiger charge is -2.18. The zero-order chi connectivity index (χ0) is 20.2. The van der Waals surface area contributed by atoms with Gasteiger partial charge in [0.05, 0.1) is 10.9 Å². The second-order valence-corrected chi connectivity index (χ2v) is 8.21. The van der Waals surface area contributed by atoms with E-state index in [-0.39, 0.29) is 17.6 Å². The third-order valence-corrected chi connectivity index (χ3v) is 5.84. The minimum Gasteiger partial charge on any atom is -0.481 e. The van der Waals surface area contributed by atoms with Gasteiger partial charge < -0.3 is 9.67 Å². The first kappa shape index (κ1) is 18.7. The van der Waals surface area contributed by atoms with E-state index < -0.39 is 11.4 Å². The number of aryl methyl sites for hydroxylation is 1. The Morgan fingerprint density at radius 1 is 1.18 bits per heavy atom. The number of aromatic nitrogens is 1. The fourth-order valence-corrected chi connectivity index (χ4v) is 4.14. The van der Waals surface area contributed by atoms with Crippen molar-refractivity contribution in [3.63, 3.8) is 0 Å². The van der Waals surface area contributed by atoms with Crippen molar-refractivity contribution >= 4 is 16.9 Å². The monoisotopic (exact) mass is 383 g/mol. The first-order chi connectivity index (χ1) is 13.2. The molecule has 0 aliphatic heterocycles. The Kier molecular flexibility index (Phi) is 4.29. The maximum Gasteiger partial charge on any atom is 0.309 e. The fraction of sp³-hybridized carbons (Fsp3) is 0.348. The standard InChI is InChI=1S/C23H23F2NO2/c1-13(2)21-18(12-23(8-9-23)22(27)28)17-11-15(24)4-7-20(17)26(21)16-5-6-19(25)14(3)10-16/h4-7,10-11,13H,8-9,12H2,1-3H3,(H,27,28). The van der Waals surface area contributed by atoms with Gasteiger partial charge in [-0.1, -0.05) is 13.8 Å². The van der Waals surface area contributed by atoms with Crippen molar-refractivity contribution in [2.45, 2.75) is 46.0 Å². The van der Waals surface area contributed by atoms with Crippen molar-refractivity contribution in [2.24, 2.45) is 5.41 Å². The van der Waals surface area contributed by atoms with Gasteiger partial charge >= 0.3 is 5.97 Å². The Morgan fingerprint density at radius 3 is 2.46 bits per heavy atom. The van der Waals surface area contributed by atoms with Crippen LogP contribution in [0.1, 0.15) is 49.4 Å². The Bertz CT molecular complexity index is 1090. The van der Waals surface area contributed by atoms with E-state index in [2.05, 4.69) is 0 Å². The second kappa shape index (κ2) is 6.43. The third-order valence-electron chi connectivity index (χ3n) is 5.84. The minimum atomic E-state index is -0.794. The number of hydrogen-bond acceptors (Lipinski definition) is 1.